The van der Waals surface area contributed by atoms with Gasteiger partial charge < -0.3 is 10.4 Å². The molecule has 1 aliphatic rings. The van der Waals surface area contributed by atoms with Crippen LogP contribution in [0, 0.1) is 6.92 Å². The third-order valence-corrected chi connectivity index (χ3v) is 4.45. The highest BCUT2D eigenvalue weighted by molar-refractivity contribution is 7.18. The number of aromatic nitrogens is 2. The maximum Gasteiger partial charge on any atom is 0.138 e. The summed E-state index contributed by atoms with van der Waals surface area (Å²) in [6.45, 7) is 2.09. The summed E-state index contributed by atoms with van der Waals surface area (Å²) in [7, 11) is 0. The normalized spacial score (nSPS) is 24.3. The summed E-state index contributed by atoms with van der Waals surface area (Å²) in [6, 6.07) is 2.56. The van der Waals surface area contributed by atoms with Crippen LogP contribution in [0.1, 0.15) is 30.6 Å². The molecule has 2 aromatic rings. The van der Waals surface area contributed by atoms with Gasteiger partial charge in [0.25, 0.3) is 0 Å². The lowest BCUT2D eigenvalue weighted by molar-refractivity contribution is 0.126. The summed E-state index contributed by atoms with van der Waals surface area (Å²) in [5, 5.41) is 14.1. The highest BCUT2D eigenvalue weighted by atomic mass is 32.1. The van der Waals surface area contributed by atoms with Gasteiger partial charge >= 0.3 is 0 Å². The number of hydrogen-bond donors (Lipinski definition) is 2. The van der Waals surface area contributed by atoms with Gasteiger partial charge in [-0.05, 0) is 38.7 Å². The second-order valence-electron chi connectivity index (χ2n) is 4.95. The number of aliphatic hydroxyl groups excluding tert-OH is 1. The van der Waals surface area contributed by atoms with E-state index in [4.69, 9.17) is 0 Å². The fourth-order valence-corrected chi connectivity index (χ4v) is 3.35. The summed E-state index contributed by atoms with van der Waals surface area (Å²) in [5.74, 6) is 0.936. The molecule has 0 radical (unpaired) electrons. The Morgan fingerprint density at radius 1 is 1.28 bits per heavy atom. The largest absolute Gasteiger partial charge is 0.393 e. The number of anilines is 1. The lowest BCUT2D eigenvalue weighted by Crippen LogP contribution is -2.28. The van der Waals surface area contributed by atoms with E-state index in [-0.39, 0.29) is 6.10 Å². The summed E-state index contributed by atoms with van der Waals surface area (Å²) in [5.41, 5.74) is 0. The molecule has 0 aromatic carbocycles. The van der Waals surface area contributed by atoms with Gasteiger partial charge in [-0.1, -0.05) is 0 Å². The molecule has 96 valence electrons. The van der Waals surface area contributed by atoms with Crippen LogP contribution in [0.4, 0.5) is 5.82 Å². The van der Waals surface area contributed by atoms with Crippen molar-refractivity contribution < 1.29 is 5.11 Å². The van der Waals surface area contributed by atoms with Crippen LogP contribution in [-0.2, 0) is 0 Å². The first-order chi connectivity index (χ1) is 8.72. The van der Waals surface area contributed by atoms with Gasteiger partial charge in [-0.3, -0.25) is 0 Å². The van der Waals surface area contributed by atoms with Crippen molar-refractivity contribution in [2.75, 3.05) is 5.32 Å². The summed E-state index contributed by atoms with van der Waals surface area (Å²) in [4.78, 5) is 11.0. The smallest absolute Gasteiger partial charge is 0.138 e. The molecule has 0 amide bonds. The lowest BCUT2D eigenvalue weighted by atomic mass is 9.93. The van der Waals surface area contributed by atoms with Gasteiger partial charge in [0.1, 0.15) is 17.0 Å². The second kappa shape index (κ2) is 4.82. The summed E-state index contributed by atoms with van der Waals surface area (Å²) < 4.78 is 0. The number of aliphatic hydroxyl groups is 1. The first-order valence-corrected chi connectivity index (χ1v) is 7.20. The van der Waals surface area contributed by atoms with Crippen LogP contribution in [0.25, 0.3) is 10.2 Å². The molecule has 1 saturated carbocycles. The molecule has 3 rings (SSSR count). The lowest BCUT2D eigenvalue weighted by Gasteiger charge is -2.26. The topological polar surface area (TPSA) is 58.0 Å². The maximum atomic E-state index is 9.52. The molecule has 2 aromatic heterocycles. The molecule has 0 atom stereocenters. The average molecular weight is 263 g/mol. The molecule has 0 bridgehead atoms. The number of fused-ring (bicyclic) bond motifs is 1. The predicted molar refractivity (Wildman–Crippen MR) is 74.0 cm³/mol. The number of nitrogens with one attached hydrogen (secondary N) is 1. The molecule has 0 aliphatic heterocycles. The van der Waals surface area contributed by atoms with Gasteiger partial charge in [0.2, 0.25) is 0 Å². The van der Waals surface area contributed by atoms with Gasteiger partial charge in [0, 0.05) is 10.9 Å². The molecule has 0 spiro atoms. The molecule has 0 unspecified atom stereocenters. The first-order valence-electron chi connectivity index (χ1n) is 6.38. The van der Waals surface area contributed by atoms with Crippen molar-refractivity contribution in [1.29, 1.82) is 0 Å². The predicted octanol–water partition coefficient (Wildman–Crippen LogP) is 2.72. The van der Waals surface area contributed by atoms with Crippen molar-refractivity contribution in [3.63, 3.8) is 0 Å². The van der Waals surface area contributed by atoms with Crippen molar-refractivity contribution in [2.45, 2.75) is 44.8 Å². The van der Waals surface area contributed by atoms with Crippen LogP contribution in [0.3, 0.4) is 0 Å². The number of hydrogen-bond acceptors (Lipinski definition) is 5. The molecule has 1 fully saturated rings. The molecule has 0 saturated heterocycles. The number of aryl methyl sites for hydroxylation is 1. The quantitative estimate of drug-likeness (QED) is 0.874. The minimum Gasteiger partial charge on any atom is -0.393 e. The highest BCUT2D eigenvalue weighted by Crippen LogP contribution is 2.29. The van der Waals surface area contributed by atoms with Gasteiger partial charge in [0.15, 0.2) is 0 Å². The third-order valence-electron chi connectivity index (χ3n) is 3.49. The molecule has 4 nitrogen and oxygen atoms in total. The van der Waals surface area contributed by atoms with Crippen molar-refractivity contribution in [1.82, 2.24) is 9.97 Å². The average Bonchev–Trinajstić information content (AvgIpc) is 2.73. The van der Waals surface area contributed by atoms with Crippen LogP contribution in [0.2, 0.25) is 0 Å². The van der Waals surface area contributed by atoms with Crippen molar-refractivity contribution in [3.8, 4) is 0 Å². The van der Waals surface area contributed by atoms with E-state index >= 15 is 0 Å². The standard InChI is InChI=1S/C13H17N3OS/c1-8-6-11-12(14-7-15-13(11)18-8)16-9-2-4-10(17)5-3-9/h6-7,9-10,17H,2-5H2,1H3,(H,14,15,16). The third kappa shape index (κ3) is 2.33. The van der Waals surface area contributed by atoms with E-state index in [1.54, 1.807) is 17.7 Å². The minimum atomic E-state index is -0.114. The Kier molecular flexibility index (Phi) is 3.18. The number of rotatable bonds is 2. The van der Waals surface area contributed by atoms with E-state index in [2.05, 4.69) is 28.3 Å². The zero-order valence-corrected chi connectivity index (χ0v) is 11.2. The monoisotopic (exact) mass is 263 g/mol. The molecule has 2 heterocycles. The van der Waals surface area contributed by atoms with Crippen molar-refractivity contribution >= 4 is 27.4 Å². The van der Waals surface area contributed by atoms with E-state index < -0.39 is 0 Å². The summed E-state index contributed by atoms with van der Waals surface area (Å²) >= 11 is 1.70. The molecule has 1 aliphatic carbocycles. The Labute approximate surface area is 110 Å². The Morgan fingerprint density at radius 3 is 2.83 bits per heavy atom. The number of thiophene rings is 1. The first kappa shape index (κ1) is 11.9. The van der Waals surface area contributed by atoms with Gasteiger partial charge in [0.05, 0.1) is 11.5 Å². The Bertz CT molecular complexity index is 546. The van der Waals surface area contributed by atoms with Gasteiger partial charge in [-0.2, -0.15) is 0 Å². The van der Waals surface area contributed by atoms with E-state index in [0.717, 1.165) is 41.7 Å². The van der Waals surface area contributed by atoms with E-state index in [9.17, 15) is 5.11 Å². The van der Waals surface area contributed by atoms with Crippen molar-refractivity contribution in [2.24, 2.45) is 0 Å². The SMILES string of the molecule is Cc1cc2c(NC3CCC(O)CC3)ncnc2s1. The molecule has 18 heavy (non-hydrogen) atoms. The van der Waals surface area contributed by atoms with Crippen molar-refractivity contribution in [3.05, 3.63) is 17.3 Å². The maximum absolute atomic E-state index is 9.52. The fourth-order valence-electron chi connectivity index (χ4n) is 2.50. The van der Waals surface area contributed by atoms with E-state index in [1.807, 2.05) is 0 Å². The Hall–Kier alpha value is -1.20. The minimum absolute atomic E-state index is 0.114. The molecule has 2 N–H and O–H groups in total. The molecule has 5 heteroatoms. The van der Waals surface area contributed by atoms with E-state index in [0.29, 0.717) is 6.04 Å². The van der Waals surface area contributed by atoms with Crippen LogP contribution >= 0.6 is 11.3 Å². The highest BCUT2D eigenvalue weighted by Gasteiger charge is 2.20. The number of nitrogens with zero attached hydrogens (tertiary/aromatic N) is 2. The second-order valence-corrected chi connectivity index (χ2v) is 6.18. The zero-order valence-electron chi connectivity index (χ0n) is 10.4. The van der Waals surface area contributed by atoms with Crippen LogP contribution in [0.15, 0.2) is 12.4 Å². The summed E-state index contributed by atoms with van der Waals surface area (Å²) in [6.07, 6.45) is 5.30. The van der Waals surface area contributed by atoms with Crippen LogP contribution in [0.5, 0.6) is 0 Å². The Balaban J connectivity index is 1.82. The van der Waals surface area contributed by atoms with Gasteiger partial charge in [-0.15, -0.1) is 11.3 Å². The molecular weight excluding hydrogens is 246 g/mol. The fraction of sp³-hybridized carbons (Fsp3) is 0.538. The van der Waals surface area contributed by atoms with Gasteiger partial charge in [-0.25, -0.2) is 9.97 Å². The molecular formula is C13H17N3OS. The van der Waals surface area contributed by atoms with Crippen LogP contribution < -0.4 is 5.32 Å². The Morgan fingerprint density at radius 2 is 2.06 bits per heavy atom. The van der Waals surface area contributed by atoms with Crippen LogP contribution in [-0.4, -0.2) is 27.2 Å². The van der Waals surface area contributed by atoms with E-state index in [1.165, 1.54) is 4.88 Å². The zero-order chi connectivity index (χ0) is 12.5.